The van der Waals surface area contributed by atoms with Gasteiger partial charge in [0.1, 0.15) is 0 Å². The third kappa shape index (κ3) is 3.70. The summed E-state index contributed by atoms with van der Waals surface area (Å²) in [5.41, 5.74) is 5.62. The monoisotopic (exact) mass is 243 g/mol. The summed E-state index contributed by atoms with van der Waals surface area (Å²) in [4.78, 5) is 0. The first-order chi connectivity index (χ1) is 5.92. The third-order valence-corrected chi connectivity index (χ3v) is 3.69. The van der Waals surface area contributed by atoms with E-state index in [1.807, 2.05) is 0 Å². The zero-order chi connectivity index (χ0) is 10.1. The Bertz CT molecular complexity index is 268. The highest BCUT2D eigenvalue weighted by atomic mass is 35.5. The fraction of sp³-hybridized carbons (Fsp3) is 1.00. The summed E-state index contributed by atoms with van der Waals surface area (Å²) in [7, 11) is -3.29. The maximum Gasteiger partial charge on any atom is 0.279 e. The van der Waals surface area contributed by atoms with Crippen molar-refractivity contribution in [2.24, 2.45) is 5.73 Å². The Morgan fingerprint density at radius 2 is 2.07 bits per heavy atom. The van der Waals surface area contributed by atoms with Crippen LogP contribution < -0.4 is 10.5 Å². The Morgan fingerprint density at radius 1 is 1.50 bits per heavy atom. The number of nitrogens with one attached hydrogen (secondary N) is 1. The van der Waals surface area contributed by atoms with E-state index in [4.69, 9.17) is 5.73 Å². The standard InChI is InChI=1S/C7H17N3O2S.ClH/c1-6(2)9-13(11,12)10-4-3-7(8)5-10;/h6-7,9H,3-5,8H2,1-2H3;1H. The van der Waals surface area contributed by atoms with Crippen LogP contribution in [0.5, 0.6) is 0 Å². The molecule has 0 aromatic rings. The quantitative estimate of drug-likeness (QED) is 0.714. The van der Waals surface area contributed by atoms with Crippen LogP contribution in [0.1, 0.15) is 20.3 Å². The van der Waals surface area contributed by atoms with Crippen LogP contribution >= 0.6 is 12.4 Å². The highest BCUT2D eigenvalue weighted by Crippen LogP contribution is 2.10. The molecule has 0 radical (unpaired) electrons. The van der Waals surface area contributed by atoms with E-state index in [2.05, 4.69) is 4.72 Å². The summed E-state index contributed by atoms with van der Waals surface area (Å²) in [5.74, 6) is 0. The van der Waals surface area contributed by atoms with Crippen molar-refractivity contribution in [3.63, 3.8) is 0 Å². The van der Waals surface area contributed by atoms with Crippen LogP contribution in [0.15, 0.2) is 0 Å². The van der Waals surface area contributed by atoms with Gasteiger partial charge < -0.3 is 5.73 Å². The van der Waals surface area contributed by atoms with Crippen molar-refractivity contribution in [3.8, 4) is 0 Å². The summed E-state index contributed by atoms with van der Waals surface area (Å²) in [6.07, 6.45) is 0.749. The molecule has 5 nitrogen and oxygen atoms in total. The normalized spacial score (nSPS) is 23.9. The number of rotatable bonds is 3. The Kier molecular flexibility index (Phi) is 5.32. The second-order valence-corrected chi connectivity index (χ2v) is 5.39. The minimum absolute atomic E-state index is 0. The molecule has 0 saturated carbocycles. The fourth-order valence-corrected chi connectivity index (χ4v) is 2.82. The van der Waals surface area contributed by atoms with Gasteiger partial charge in [0, 0.05) is 25.2 Å². The van der Waals surface area contributed by atoms with Gasteiger partial charge in [0.25, 0.3) is 10.2 Å². The lowest BCUT2D eigenvalue weighted by Gasteiger charge is -2.18. The van der Waals surface area contributed by atoms with Crippen LogP contribution in [0.25, 0.3) is 0 Å². The summed E-state index contributed by atoms with van der Waals surface area (Å²) < 4.78 is 27.0. The predicted octanol–water partition coefficient (Wildman–Crippen LogP) is -0.316. The van der Waals surface area contributed by atoms with Crippen molar-refractivity contribution in [1.82, 2.24) is 9.03 Å². The van der Waals surface area contributed by atoms with Crippen molar-refractivity contribution in [2.45, 2.75) is 32.4 Å². The summed E-state index contributed by atoms with van der Waals surface area (Å²) in [5, 5.41) is 0. The molecular weight excluding hydrogens is 226 g/mol. The molecule has 0 aromatic heterocycles. The molecule has 7 heteroatoms. The molecule has 0 amide bonds. The first-order valence-electron chi connectivity index (χ1n) is 4.45. The van der Waals surface area contributed by atoms with Crippen LogP contribution in [-0.2, 0) is 10.2 Å². The molecule has 86 valence electrons. The number of hydrogen-bond acceptors (Lipinski definition) is 3. The molecule has 14 heavy (non-hydrogen) atoms. The van der Waals surface area contributed by atoms with E-state index >= 15 is 0 Å². The van der Waals surface area contributed by atoms with Gasteiger partial charge in [-0.05, 0) is 20.3 Å². The summed E-state index contributed by atoms with van der Waals surface area (Å²) >= 11 is 0. The van der Waals surface area contributed by atoms with Crippen molar-refractivity contribution in [1.29, 1.82) is 0 Å². The molecule has 1 rings (SSSR count). The molecule has 1 aliphatic rings. The molecule has 0 aliphatic carbocycles. The van der Waals surface area contributed by atoms with Crippen LogP contribution in [-0.4, -0.2) is 37.9 Å². The number of nitrogens with two attached hydrogens (primary N) is 1. The minimum atomic E-state index is -3.29. The van der Waals surface area contributed by atoms with Gasteiger partial charge in [-0.25, -0.2) is 0 Å². The summed E-state index contributed by atoms with van der Waals surface area (Å²) in [6, 6.07) is -0.0782. The second kappa shape index (κ2) is 5.27. The molecule has 3 N–H and O–H groups in total. The van der Waals surface area contributed by atoms with E-state index in [1.165, 1.54) is 4.31 Å². The van der Waals surface area contributed by atoms with Crippen molar-refractivity contribution in [2.75, 3.05) is 13.1 Å². The lowest BCUT2D eigenvalue weighted by atomic mass is 10.3. The van der Waals surface area contributed by atoms with Crippen molar-refractivity contribution in [3.05, 3.63) is 0 Å². The zero-order valence-electron chi connectivity index (χ0n) is 8.43. The average Bonchev–Trinajstić information content (AvgIpc) is 2.32. The van der Waals surface area contributed by atoms with Crippen LogP contribution in [0.3, 0.4) is 0 Å². The predicted molar refractivity (Wildman–Crippen MR) is 58.6 cm³/mol. The first kappa shape index (κ1) is 14.1. The Morgan fingerprint density at radius 3 is 2.43 bits per heavy atom. The molecule has 1 saturated heterocycles. The average molecular weight is 244 g/mol. The van der Waals surface area contributed by atoms with Gasteiger partial charge in [0.05, 0.1) is 0 Å². The Balaban J connectivity index is 0.00000169. The molecule has 1 aliphatic heterocycles. The molecule has 0 aromatic carbocycles. The maximum absolute atomic E-state index is 11.5. The van der Waals surface area contributed by atoms with Gasteiger partial charge in [0.15, 0.2) is 0 Å². The van der Waals surface area contributed by atoms with Gasteiger partial charge in [-0.15, -0.1) is 12.4 Å². The smallest absolute Gasteiger partial charge is 0.279 e. The topological polar surface area (TPSA) is 75.4 Å². The van der Waals surface area contributed by atoms with Crippen LogP contribution in [0.4, 0.5) is 0 Å². The van der Waals surface area contributed by atoms with Gasteiger partial charge in [-0.3, -0.25) is 0 Å². The second-order valence-electron chi connectivity index (χ2n) is 3.68. The van der Waals surface area contributed by atoms with Crippen LogP contribution in [0.2, 0.25) is 0 Å². The Labute approximate surface area is 91.6 Å². The number of nitrogens with zero attached hydrogens (tertiary/aromatic N) is 1. The van der Waals surface area contributed by atoms with Crippen molar-refractivity contribution >= 4 is 22.6 Å². The lowest BCUT2D eigenvalue weighted by Crippen LogP contribution is -2.43. The first-order valence-corrected chi connectivity index (χ1v) is 5.89. The minimum Gasteiger partial charge on any atom is -0.326 e. The molecule has 1 heterocycles. The summed E-state index contributed by atoms with van der Waals surface area (Å²) in [6.45, 7) is 4.56. The third-order valence-electron chi connectivity index (χ3n) is 1.91. The lowest BCUT2D eigenvalue weighted by molar-refractivity contribution is 0.454. The van der Waals surface area contributed by atoms with E-state index in [1.54, 1.807) is 13.8 Å². The molecule has 1 unspecified atom stereocenters. The van der Waals surface area contributed by atoms with E-state index < -0.39 is 10.2 Å². The highest BCUT2D eigenvalue weighted by molar-refractivity contribution is 7.87. The van der Waals surface area contributed by atoms with Crippen molar-refractivity contribution < 1.29 is 8.42 Å². The van der Waals surface area contributed by atoms with Gasteiger partial charge >= 0.3 is 0 Å². The number of hydrogen-bond donors (Lipinski definition) is 2. The zero-order valence-corrected chi connectivity index (χ0v) is 10.1. The van der Waals surface area contributed by atoms with Gasteiger partial charge in [-0.1, -0.05) is 0 Å². The molecular formula is C7H18ClN3O2S. The van der Waals surface area contributed by atoms with E-state index in [9.17, 15) is 8.42 Å². The molecule has 1 fully saturated rings. The highest BCUT2D eigenvalue weighted by Gasteiger charge is 2.29. The number of halogens is 1. The molecule has 0 bridgehead atoms. The molecule has 0 spiro atoms. The van der Waals surface area contributed by atoms with Gasteiger partial charge in [-0.2, -0.15) is 17.4 Å². The fourth-order valence-electron chi connectivity index (χ4n) is 1.34. The maximum atomic E-state index is 11.5. The van der Waals surface area contributed by atoms with E-state index in [0.29, 0.717) is 13.1 Å². The van der Waals surface area contributed by atoms with E-state index in [0.717, 1.165) is 6.42 Å². The Hall–Kier alpha value is 0.120. The van der Waals surface area contributed by atoms with Crippen LogP contribution in [0, 0.1) is 0 Å². The molecule has 1 atom stereocenters. The van der Waals surface area contributed by atoms with Gasteiger partial charge in [0.2, 0.25) is 0 Å². The largest absolute Gasteiger partial charge is 0.326 e. The van der Waals surface area contributed by atoms with E-state index in [-0.39, 0.29) is 24.5 Å². The SMILES string of the molecule is CC(C)NS(=O)(=O)N1CCC(N)C1.Cl.